The van der Waals surface area contributed by atoms with Crippen molar-refractivity contribution in [2.45, 2.75) is 83.3 Å². The van der Waals surface area contributed by atoms with E-state index in [2.05, 4.69) is 18.2 Å². The van der Waals surface area contributed by atoms with Crippen molar-refractivity contribution in [3.63, 3.8) is 0 Å². The van der Waals surface area contributed by atoms with E-state index in [0.717, 1.165) is 44.9 Å². The van der Waals surface area contributed by atoms with Crippen LogP contribution in [0.5, 0.6) is 0 Å². The van der Waals surface area contributed by atoms with Crippen molar-refractivity contribution in [2.24, 2.45) is 0 Å². The molecule has 0 rings (SSSR count). The fourth-order valence-corrected chi connectivity index (χ4v) is 2.44. The van der Waals surface area contributed by atoms with E-state index < -0.39 is 12.1 Å². The number of methoxy groups -OCH3 is 1. The maximum atomic E-state index is 10.3. The van der Waals surface area contributed by atoms with Crippen LogP contribution >= 0.6 is 0 Å². The van der Waals surface area contributed by atoms with Gasteiger partial charge in [-0.15, -0.1) is 0 Å². The summed E-state index contributed by atoms with van der Waals surface area (Å²) in [6.45, 7) is 2.01. The molecule has 0 saturated heterocycles. The first-order valence-corrected chi connectivity index (χ1v) is 8.84. The highest BCUT2D eigenvalue weighted by molar-refractivity contribution is 5.66. The predicted molar refractivity (Wildman–Crippen MR) is 94.6 cm³/mol. The highest BCUT2D eigenvalue weighted by Gasteiger charge is 2.14. The lowest BCUT2D eigenvalue weighted by atomic mass is 10.1. The number of aliphatic hydroxyl groups is 1. The van der Waals surface area contributed by atoms with E-state index in [0.29, 0.717) is 12.8 Å². The molecule has 0 spiro atoms. The van der Waals surface area contributed by atoms with Crippen molar-refractivity contribution in [1.29, 1.82) is 0 Å². The zero-order valence-electron chi connectivity index (χ0n) is 14.7. The summed E-state index contributed by atoms with van der Waals surface area (Å²) in [5, 5.41) is 18.4. The Morgan fingerprint density at radius 2 is 1.70 bits per heavy atom. The Hall–Kier alpha value is -1.13. The highest BCUT2D eigenvalue weighted by Crippen LogP contribution is 2.09. The number of rotatable bonds is 15. The minimum Gasteiger partial charge on any atom is -0.481 e. The van der Waals surface area contributed by atoms with Gasteiger partial charge in [0.25, 0.3) is 0 Å². The van der Waals surface area contributed by atoms with Crippen molar-refractivity contribution in [3.05, 3.63) is 24.3 Å². The molecule has 134 valence electrons. The van der Waals surface area contributed by atoms with E-state index in [4.69, 9.17) is 9.84 Å². The second-order valence-corrected chi connectivity index (χ2v) is 5.86. The lowest BCUT2D eigenvalue weighted by Gasteiger charge is -2.18. The molecule has 0 aliphatic heterocycles. The van der Waals surface area contributed by atoms with E-state index in [-0.39, 0.29) is 6.10 Å². The van der Waals surface area contributed by atoms with Gasteiger partial charge in [-0.25, -0.2) is 0 Å². The Balaban J connectivity index is 3.46. The molecule has 2 atom stereocenters. The molecule has 23 heavy (non-hydrogen) atoms. The lowest BCUT2D eigenvalue weighted by Crippen LogP contribution is -2.26. The first-order chi connectivity index (χ1) is 11.1. The van der Waals surface area contributed by atoms with Crippen molar-refractivity contribution < 1.29 is 19.7 Å². The number of aliphatic hydroxyl groups excluding tert-OH is 1. The SMILES string of the molecule is CC[C@H](OC)[C@@H](O)C/C=C\C/C=C\CCCCCCCC(=O)O. The summed E-state index contributed by atoms with van der Waals surface area (Å²) >= 11 is 0. The molecule has 0 heterocycles. The first-order valence-electron chi connectivity index (χ1n) is 8.84. The molecule has 0 aliphatic carbocycles. The molecule has 0 fully saturated rings. The summed E-state index contributed by atoms with van der Waals surface area (Å²) in [7, 11) is 1.63. The number of carboxylic acid groups (broad SMARTS) is 1. The summed E-state index contributed by atoms with van der Waals surface area (Å²) in [6.07, 6.45) is 16.9. The summed E-state index contributed by atoms with van der Waals surface area (Å²) in [5.74, 6) is -0.694. The molecule has 0 aliphatic rings. The first kappa shape index (κ1) is 21.9. The fraction of sp³-hybridized carbons (Fsp3) is 0.737. The number of carboxylic acids is 1. The monoisotopic (exact) mass is 326 g/mol. The zero-order chi connectivity index (χ0) is 17.3. The maximum absolute atomic E-state index is 10.3. The standard InChI is InChI=1S/C19H34O4/c1-3-18(23-2)17(20)15-13-11-9-7-5-4-6-8-10-12-14-16-19(21)22/h5,7,11,13,17-18,20H,3-4,6,8-10,12,14-16H2,1-2H3,(H,21,22)/b7-5-,13-11-/t17-,18-/m0/s1. The van der Waals surface area contributed by atoms with Gasteiger partial charge in [0.05, 0.1) is 12.2 Å². The zero-order valence-corrected chi connectivity index (χ0v) is 14.7. The van der Waals surface area contributed by atoms with Crippen molar-refractivity contribution in [3.8, 4) is 0 Å². The van der Waals surface area contributed by atoms with Crippen LogP contribution in [0.2, 0.25) is 0 Å². The third-order valence-electron chi connectivity index (χ3n) is 3.88. The van der Waals surface area contributed by atoms with Gasteiger partial charge in [0.2, 0.25) is 0 Å². The third kappa shape index (κ3) is 14.2. The highest BCUT2D eigenvalue weighted by atomic mass is 16.5. The van der Waals surface area contributed by atoms with Gasteiger partial charge in [-0.2, -0.15) is 0 Å². The number of hydrogen-bond acceptors (Lipinski definition) is 3. The van der Waals surface area contributed by atoms with Crippen LogP contribution in [0.1, 0.15) is 71.1 Å². The molecule has 4 heteroatoms. The number of aliphatic carboxylic acids is 1. The second-order valence-electron chi connectivity index (χ2n) is 5.86. The molecule has 0 saturated carbocycles. The molecule has 0 bridgehead atoms. The van der Waals surface area contributed by atoms with Gasteiger partial charge in [-0.05, 0) is 38.5 Å². The minimum absolute atomic E-state index is 0.0781. The Kier molecular flexibility index (Phi) is 15.0. The third-order valence-corrected chi connectivity index (χ3v) is 3.88. The molecule has 4 nitrogen and oxygen atoms in total. The minimum atomic E-state index is -0.694. The van der Waals surface area contributed by atoms with E-state index in [1.54, 1.807) is 7.11 Å². The van der Waals surface area contributed by atoms with Crippen LogP contribution in [0.15, 0.2) is 24.3 Å². The van der Waals surface area contributed by atoms with Crippen molar-refractivity contribution in [1.82, 2.24) is 0 Å². The van der Waals surface area contributed by atoms with Gasteiger partial charge in [-0.3, -0.25) is 4.79 Å². The van der Waals surface area contributed by atoms with E-state index in [9.17, 15) is 9.90 Å². The molecule has 0 unspecified atom stereocenters. The smallest absolute Gasteiger partial charge is 0.303 e. The van der Waals surface area contributed by atoms with Gasteiger partial charge in [-0.1, -0.05) is 50.5 Å². The van der Waals surface area contributed by atoms with Crippen LogP contribution < -0.4 is 0 Å². The van der Waals surface area contributed by atoms with Crippen molar-refractivity contribution in [2.75, 3.05) is 7.11 Å². The molecule has 0 aromatic carbocycles. The normalized spacial score (nSPS) is 14.6. The van der Waals surface area contributed by atoms with Crippen molar-refractivity contribution >= 4 is 5.97 Å². The van der Waals surface area contributed by atoms with Crippen LogP contribution in [-0.4, -0.2) is 35.5 Å². The maximum Gasteiger partial charge on any atom is 0.303 e. The van der Waals surface area contributed by atoms with Gasteiger partial charge in [0, 0.05) is 13.5 Å². The Morgan fingerprint density at radius 1 is 1.04 bits per heavy atom. The second kappa shape index (κ2) is 15.8. The molecule has 0 aromatic heterocycles. The molecule has 2 N–H and O–H groups in total. The number of hydrogen-bond donors (Lipinski definition) is 2. The van der Waals surface area contributed by atoms with Crippen LogP contribution in [-0.2, 0) is 9.53 Å². The average molecular weight is 326 g/mol. The molecule has 0 amide bonds. The van der Waals surface area contributed by atoms with Gasteiger partial charge >= 0.3 is 5.97 Å². The number of ether oxygens (including phenoxy) is 1. The topological polar surface area (TPSA) is 66.8 Å². The van der Waals surface area contributed by atoms with E-state index in [1.807, 2.05) is 13.0 Å². The fourth-order valence-electron chi connectivity index (χ4n) is 2.44. The number of unbranched alkanes of at least 4 members (excludes halogenated alkanes) is 5. The Labute approximate surface area is 141 Å². The Morgan fingerprint density at radius 3 is 2.35 bits per heavy atom. The summed E-state index contributed by atoms with van der Waals surface area (Å²) in [5.41, 5.74) is 0. The van der Waals surface area contributed by atoms with E-state index >= 15 is 0 Å². The molecular weight excluding hydrogens is 292 g/mol. The summed E-state index contributed by atoms with van der Waals surface area (Å²) < 4.78 is 5.20. The largest absolute Gasteiger partial charge is 0.481 e. The summed E-state index contributed by atoms with van der Waals surface area (Å²) in [6, 6.07) is 0. The molecular formula is C19H34O4. The number of allylic oxidation sites excluding steroid dienone is 3. The van der Waals surface area contributed by atoms with Gasteiger partial charge < -0.3 is 14.9 Å². The van der Waals surface area contributed by atoms with Crippen LogP contribution in [0, 0.1) is 0 Å². The lowest BCUT2D eigenvalue weighted by molar-refractivity contribution is -0.137. The summed E-state index contributed by atoms with van der Waals surface area (Å²) in [4.78, 5) is 10.3. The van der Waals surface area contributed by atoms with Crippen LogP contribution in [0.4, 0.5) is 0 Å². The van der Waals surface area contributed by atoms with Crippen LogP contribution in [0.3, 0.4) is 0 Å². The quantitative estimate of drug-likeness (QED) is 0.344. The number of carbonyl (C=O) groups is 1. The Bertz CT molecular complexity index is 332. The van der Waals surface area contributed by atoms with Gasteiger partial charge in [0.15, 0.2) is 0 Å². The molecule has 0 aromatic rings. The van der Waals surface area contributed by atoms with E-state index in [1.165, 1.54) is 6.42 Å². The van der Waals surface area contributed by atoms with Gasteiger partial charge in [0.1, 0.15) is 0 Å². The van der Waals surface area contributed by atoms with Crippen LogP contribution in [0.25, 0.3) is 0 Å². The molecule has 0 radical (unpaired) electrons. The predicted octanol–water partition coefficient (Wildman–Crippen LogP) is 4.48. The average Bonchev–Trinajstić information content (AvgIpc) is 2.52.